The first-order valence-corrected chi connectivity index (χ1v) is 12.0. The number of benzene rings is 1. The third-order valence-corrected chi connectivity index (χ3v) is 6.17. The van der Waals surface area contributed by atoms with E-state index in [1.165, 1.54) is 25.4 Å². The Morgan fingerprint density at radius 1 is 1.23 bits per heavy atom. The van der Waals surface area contributed by atoms with Gasteiger partial charge < -0.3 is 14.2 Å². The molecular weight excluding hydrogens is 521 g/mol. The van der Waals surface area contributed by atoms with Gasteiger partial charge in [0, 0.05) is 19.2 Å². The summed E-state index contributed by atoms with van der Waals surface area (Å²) in [5.74, 6) is 0.205. The maximum absolute atomic E-state index is 12.2. The van der Waals surface area contributed by atoms with Gasteiger partial charge in [0.2, 0.25) is 5.88 Å². The van der Waals surface area contributed by atoms with Gasteiger partial charge in [0.25, 0.3) is 5.56 Å². The van der Waals surface area contributed by atoms with Crippen LogP contribution in [0.4, 0.5) is 0 Å². The molecule has 1 saturated heterocycles. The summed E-state index contributed by atoms with van der Waals surface area (Å²) in [5.41, 5.74) is -0.624. The number of ether oxygens (including phenoxy) is 3. The fourth-order valence-electron chi connectivity index (χ4n) is 3.55. The maximum Gasteiger partial charge on any atom is 0.344 e. The van der Waals surface area contributed by atoms with Crippen LogP contribution < -0.4 is 16.0 Å². The first-order valence-electron chi connectivity index (χ1n) is 10.9. The zero-order chi connectivity index (χ0) is 25.1. The van der Waals surface area contributed by atoms with Crippen molar-refractivity contribution in [3.05, 3.63) is 60.1 Å². The molecule has 0 saturated carbocycles. The zero-order valence-electron chi connectivity index (χ0n) is 18.9. The second-order valence-corrected chi connectivity index (χ2v) is 8.99. The summed E-state index contributed by atoms with van der Waals surface area (Å²) in [6, 6.07) is 2.90. The van der Waals surface area contributed by atoms with Crippen LogP contribution in [0.25, 0.3) is 11.3 Å². The number of nitrogens with one attached hydrogen (secondary N) is 1. The molecule has 3 aromatic rings. The van der Waals surface area contributed by atoms with Crippen LogP contribution in [-0.2, 0) is 16.5 Å². The summed E-state index contributed by atoms with van der Waals surface area (Å²) < 4.78 is 18.6. The van der Waals surface area contributed by atoms with E-state index in [2.05, 4.69) is 20.1 Å². The van der Waals surface area contributed by atoms with E-state index in [0.29, 0.717) is 24.3 Å². The smallest absolute Gasteiger partial charge is 0.344 e. The standard InChI is InChI=1S/C22H22Cl3N5O5/c1-3-14(34-16-6-4-5-7-33-16)18-20(25)26-10-15(27-18)35-19-12(23)8-11(9-13(19)24)17-21(31)28-22(32)30(2)29-17/h8-10,14,16H,3-7H2,1-2H3,(H,28,31,32). The lowest BCUT2D eigenvalue weighted by atomic mass is 10.1. The van der Waals surface area contributed by atoms with Crippen LogP contribution >= 0.6 is 34.8 Å². The molecule has 1 aliphatic rings. The van der Waals surface area contributed by atoms with Crippen LogP contribution in [0, 0.1) is 0 Å². The third-order valence-electron chi connectivity index (χ3n) is 5.32. The van der Waals surface area contributed by atoms with Crippen LogP contribution in [-0.4, -0.2) is 37.6 Å². The molecule has 2 atom stereocenters. The van der Waals surface area contributed by atoms with Crippen molar-refractivity contribution in [1.82, 2.24) is 24.7 Å². The van der Waals surface area contributed by atoms with Gasteiger partial charge in [-0.2, -0.15) is 5.10 Å². The largest absolute Gasteiger partial charge is 0.434 e. The molecule has 0 bridgehead atoms. The van der Waals surface area contributed by atoms with Crippen LogP contribution in [0.2, 0.25) is 15.2 Å². The fraction of sp³-hybridized carbons (Fsp3) is 0.409. The molecule has 2 aromatic heterocycles. The Morgan fingerprint density at radius 3 is 2.63 bits per heavy atom. The van der Waals surface area contributed by atoms with Gasteiger partial charge in [-0.15, -0.1) is 0 Å². The van der Waals surface area contributed by atoms with Gasteiger partial charge in [-0.25, -0.2) is 19.4 Å². The van der Waals surface area contributed by atoms with E-state index < -0.39 is 17.4 Å². The highest BCUT2D eigenvalue weighted by atomic mass is 35.5. The Balaban J connectivity index is 1.61. The number of aromatic amines is 1. The molecule has 186 valence electrons. The molecule has 1 aromatic carbocycles. The highest BCUT2D eigenvalue weighted by Gasteiger charge is 2.24. The first kappa shape index (κ1) is 25.6. The Morgan fingerprint density at radius 2 is 1.97 bits per heavy atom. The van der Waals surface area contributed by atoms with E-state index >= 15 is 0 Å². The molecule has 10 nitrogen and oxygen atoms in total. The number of nitrogens with zero attached hydrogens (tertiary/aromatic N) is 4. The van der Waals surface area contributed by atoms with Crippen LogP contribution in [0.3, 0.4) is 0 Å². The summed E-state index contributed by atoms with van der Waals surface area (Å²) in [6.45, 7) is 2.60. The van der Waals surface area contributed by atoms with E-state index in [4.69, 9.17) is 49.0 Å². The molecular formula is C22H22Cl3N5O5. The van der Waals surface area contributed by atoms with Gasteiger partial charge in [-0.05, 0) is 37.8 Å². The monoisotopic (exact) mass is 541 g/mol. The SMILES string of the molecule is CCC(OC1CCCCO1)c1nc(Oc2c(Cl)cc(-c3nn(C)c(=O)[nH]c3=O)cc2Cl)cnc1Cl. The number of H-pyrrole nitrogens is 1. The zero-order valence-corrected chi connectivity index (χ0v) is 21.2. The first-order chi connectivity index (χ1) is 16.8. The molecule has 1 N–H and O–H groups in total. The maximum atomic E-state index is 12.2. The molecule has 0 amide bonds. The summed E-state index contributed by atoms with van der Waals surface area (Å²) >= 11 is 19.1. The molecule has 0 aliphatic carbocycles. The predicted molar refractivity (Wildman–Crippen MR) is 130 cm³/mol. The van der Waals surface area contributed by atoms with E-state index in [0.717, 1.165) is 23.9 Å². The van der Waals surface area contributed by atoms with Crippen molar-refractivity contribution >= 4 is 34.8 Å². The van der Waals surface area contributed by atoms with Crippen molar-refractivity contribution in [2.45, 2.75) is 45.0 Å². The van der Waals surface area contributed by atoms with Crippen LogP contribution in [0.15, 0.2) is 27.9 Å². The number of aromatic nitrogens is 5. The topological polar surface area (TPSA) is 121 Å². The minimum Gasteiger partial charge on any atom is -0.434 e. The van der Waals surface area contributed by atoms with E-state index in [-0.39, 0.29) is 38.8 Å². The van der Waals surface area contributed by atoms with Crippen molar-refractivity contribution in [2.75, 3.05) is 6.61 Å². The molecule has 35 heavy (non-hydrogen) atoms. The number of halogens is 3. The number of hydrogen-bond acceptors (Lipinski definition) is 8. The summed E-state index contributed by atoms with van der Waals surface area (Å²) in [6.07, 6.45) is 3.98. The molecule has 13 heteroatoms. The molecule has 2 unspecified atom stereocenters. The van der Waals surface area contributed by atoms with Gasteiger partial charge in [-0.3, -0.25) is 9.78 Å². The summed E-state index contributed by atoms with van der Waals surface area (Å²) in [4.78, 5) is 34.6. The fourth-order valence-corrected chi connectivity index (χ4v) is 4.32. The van der Waals surface area contributed by atoms with Gasteiger partial charge in [-0.1, -0.05) is 41.7 Å². The van der Waals surface area contributed by atoms with Gasteiger partial charge in [0.1, 0.15) is 11.8 Å². The van der Waals surface area contributed by atoms with Crippen LogP contribution in [0.1, 0.15) is 44.4 Å². The van der Waals surface area contributed by atoms with Gasteiger partial charge in [0.15, 0.2) is 22.9 Å². The molecule has 4 rings (SSSR count). The predicted octanol–water partition coefficient (Wildman–Crippen LogP) is 4.67. The minimum atomic E-state index is -0.672. The lowest BCUT2D eigenvalue weighted by molar-refractivity contribution is -0.191. The Kier molecular flexibility index (Phi) is 8.08. The van der Waals surface area contributed by atoms with Crippen molar-refractivity contribution in [3.63, 3.8) is 0 Å². The lowest BCUT2D eigenvalue weighted by Crippen LogP contribution is -2.31. The van der Waals surface area contributed by atoms with Gasteiger partial charge >= 0.3 is 5.69 Å². The Bertz CT molecular complexity index is 1320. The van der Waals surface area contributed by atoms with Crippen molar-refractivity contribution in [1.29, 1.82) is 0 Å². The van der Waals surface area contributed by atoms with Gasteiger partial charge in [0.05, 0.1) is 16.2 Å². The second kappa shape index (κ2) is 11.0. The summed E-state index contributed by atoms with van der Waals surface area (Å²) in [7, 11) is 1.41. The summed E-state index contributed by atoms with van der Waals surface area (Å²) in [5, 5.41) is 4.36. The average molecular weight is 543 g/mol. The molecule has 1 aliphatic heterocycles. The lowest BCUT2D eigenvalue weighted by Gasteiger charge is -2.27. The Labute approximate surface area is 215 Å². The van der Waals surface area contributed by atoms with Crippen molar-refractivity contribution in [2.24, 2.45) is 7.05 Å². The van der Waals surface area contributed by atoms with Crippen LogP contribution in [0.5, 0.6) is 11.6 Å². The number of hydrogen-bond donors (Lipinski definition) is 1. The molecule has 0 spiro atoms. The third kappa shape index (κ3) is 5.84. The number of aryl methyl sites for hydroxylation is 1. The minimum absolute atomic E-state index is 0.0242. The second-order valence-electron chi connectivity index (χ2n) is 7.82. The number of rotatable bonds is 7. The highest BCUT2D eigenvalue weighted by Crippen LogP contribution is 2.39. The molecule has 0 radical (unpaired) electrons. The Hall–Kier alpha value is -2.50. The van der Waals surface area contributed by atoms with Crippen molar-refractivity contribution in [3.8, 4) is 22.9 Å². The average Bonchev–Trinajstić information content (AvgIpc) is 2.84. The highest BCUT2D eigenvalue weighted by molar-refractivity contribution is 6.37. The quantitative estimate of drug-likeness (QED) is 0.457. The van der Waals surface area contributed by atoms with E-state index in [1.807, 2.05) is 6.92 Å². The molecule has 1 fully saturated rings. The molecule has 3 heterocycles. The van der Waals surface area contributed by atoms with Crippen molar-refractivity contribution < 1.29 is 14.2 Å². The normalized spacial score (nSPS) is 16.8. The van der Waals surface area contributed by atoms with E-state index in [9.17, 15) is 9.59 Å². The van der Waals surface area contributed by atoms with E-state index in [1.54, 1.807) is 0 Å².